The van der Waals surface area contributed by atoms with Crippen molar-refractivity contribution in [2.24, 2.45) is 0 Å². The predicted octanol–water partition coefficient (Wildman–Crippen LogP) is 2.92. The van der Waals surface area contributed by atoms with E-state index in [1.54, 1.807) is 11.3 Å². The van der Waals surface area contributed by atoms with Crippen LogP contribution in [-0.2, 0) is 17.6 Å². The van der Waals surface area contributed by atoms with Crippen molar-refractivity contribution < 1.29 is 4.79 Å². The van der Waals surface area contributed by atoms with Crippen LogP contribution in [0.5, 0.6) is 0 Å². The molecular weight excluding hydrogens is 282 g/mol. The lowest BCUT2D eigenvalue weighted by Crippen LogP contribution is -2.33. The van der Waals surface area contributed by atoms with Gasteiger partial charge in [0.25, 0.3) is 0 Å². The highest BCUT2D eigenvalue weighted by Crippen LogP contribution is 2.38. The van der Waals surface area contributed by atoms with Gasteiger partial charge in [0, 0.05) is 4.88 Å². The van der Waals surface area contributed by atoms with Gasteiger partial charge in [0.1, 0.15) is 11.1 Å². The van der Waals surface area contributed by atoms with E-state index in [0.717, 1.165) is 37.4 Å². The van der Waals surface area contributed by atoms with Gasteiger partial charge in [-0.05, 0) is 50.8 Å². The number of fused-ring (bicyclic) bond motifs is 1. The van der Waals surface area contributed by atoms with Crippen molar-refractivity contribution in [2.45, 2.75) is 44.9 Å². The van der Waals surface area contributed by atoms with Gasteiger partial charge in [0.05, 0.1) is 12.1 Å². The molecule has 1 aromatic heterocycles. The number of thiophene rings is 1. The summed E-state index contributed by atoms with van der Waals surface area (Å²) in [5, 5.41) is 13.1. The van der Waals surface area contributed by atoms with E-state index >= 15 is 0 Å². The van der Waals surface area contributed by atoms with Crippen LogP contribution < -0.4 is 5.32 Å². The van der Waals surface area contributed by atoms with Gasteiger partial charge in [-0.15, -0.1) is 11.3 Å². The SMILES string of the molecule is N#Cc1c(NC(=O)CN2CCCCCC2)sc2c1CCC2. The molecule has 21 heavy (non-hydrogen) atoms. The molecule has 2 heterocycles. The molecule has 1 aliphatic carbocycles. The first-order valence-electron chi connectivity index (χ1n) is 7.85. The molecular formula is C16H21N3OS. The molecule has 0 saturated carbocycles. The van der Waals surface area contributed by atoms with Crippen LogP contribution in [0, 0.1) is 11.3 Å². The van der Waals surface area contributed by atoms with Crippen LogP contribution in [0.25, 0.3) is 0 Å². The molecule has 0 atom stereocenters. The Kier molecular flexibility index (Phi) is 4.57. The van der Waals surface area contributed by atoms with Gasteiger partial charge in [-0.25, -0.2) is 0 Å². The Bertz CT molecular complexity index is 565. The number of anilines is 1. The molecule has 0 radical (unpaired) electrons. The Morgan fingerprint density at radius 1 is 1.19 bits per heavy atom. The zero-order chi connectivity index (χ0) is 14.7. The van der Waals surface area contributed by atoms with E-state index in [2.05, 4.69) is 16.3 Å². The predicted molar refractivity (Wildman–Crippen MR) is 84.6 cm³/mol. The lowest BCUT2D eigenvalue weighted by molar-refractivity contribution is -0.117. The number of rotatable bonds is 3. The van der Waals surface area contributed by atoms with Crippen LogP contribution in [0.15, 0.2) is 0 Å². The smallest absolute Gasteiger partial charge is 0.239 e. The van der Waals surface area contributed by atoms with Gasteiger partial charge in [-0.2, -0.15) is 5.26 Å². The Labute approximate surface area is 129 Å². The lowest BCUT2D eigenvalue weighted by Gasteiger charge is -2.18. The van der Waals surface area contributed by atoms with Gasteiger partial charge in [0.15, 0.2) is 0 Å². The first kappa shape index (κ1) is 14.6. The topological polar surface area (TPSA) is 56.1 Å². The van der Waals surface area contributed by atoms with Crippen molar-refractivity contribution in [3.8, 4) is 6.07 Å². The van der Waals surface area contributed by atoms with Crippen molar-refractivity contribution in [1.29, 1.82) is 5.26 Å². The minimum absolute atomic E-state index is 0.0216. The van der Waals surface area contributed by atoms with E-state index in [-0.39, 0.29) is 5.91 Å². The molecule has 5 heteroatoms. The fraction of sp³-hybridized carbons (Fsp3) is 0.625. The van der Waals surface area contributed by atoms with Gasteiger partial charge in [-0.1, -0.05) is 12.8 Å². The van der Waals surface area contributed by atoms with Crippen LogP contribution in [0.4, 0.5) is 5.00 Å². The maximum Gasteiger partial charge on any atom is 0.239 e. The molecule has 1 fully saturated rings. The second kappa shape index (κ2) is 6.59. The number of hydrogen-bond donors (Lipinski definition) is 1. The van der Waals surface area contributed by atoms with Crippen molar-refractivity contribution >= 4 is 22.2 Å². The number of carbonyl (C=O) groups is 1. The Hall–Kier alpha value is -1.38. The van der Waals surface area contributed by atoms with Crippen LogP contribution in [0.2, 0.25) is 0 Å². The Morgan fingerprint density at radius 2 is 1.95 bits per heavy atom. The summed E-state index contributed by atoms with van der Waals surface area (Å²) in [7, 11) is 0. The average Bonchev–Trinajstić information content (AvgIpc) is 2.92. The highest BCUT2D eigenvalue weighted by Gasteiger charge is 2.23. The summed E-state index contributed by atoms with van der Waals surface area (Å²) in [6, 6.07) is 2.28. The third-order valence-electron chi connectivity index (χ3n) is 4.35. The zero-order valence-electron chi connectivity index (χ0n) is 12.3. The van der Waals surface area contributed by atoms with Crippen LogP contribution in [-0.4, -0.2) is 30.4 Å². The monoisotopic (exact) mass is 303 g/mol. The fourth-order valence-corrected chi connectivity index (χ4v) is 4.53. The van der Waals surface area contributed by atoms with E-state index in [1.165, 1.54) is 36.1 Å². The summed E-state index contributed by atoms with van der Waals surface area (Å²) < 4.78 is 0. The molecule has 1 saturated heterocycles. The van der Waals surface area contributed by atoms with E-state index < -0.39 is 0 Å². The molecule has 0 bridgehead atoms. The van der Waals surface area contributed by atoms with Gasteiger partial charge in [-0.3, -0.25) is 9.69 Å². The number of nitrogens with one attached hydrogen (secondary N) is 1. The third-order valence-corrected chi connectivity index (χ3v) is 5.56. The van der Waals surface area contributed by atoms with E-state index in [1.807, 2.05) is 0 Å². The molecule has 0 aromatic carbocycles. The van der Waals surface area contributed by atoms with Crippen molar-refractivity contribution in [1.82, 2.24) is 4.90 Å². The number of nitrogens with zero attached hydrogens (tertiary/aromatic N) is 2. The standard InChI is InChI=1S/C16H21N3OS/c17-10-13-12-6-5-7-14(12)21-16(13)18-15(20)11-19-8-3-1-2-4-9-19/h1-9,11H2,(H,18,20). The highest BCUT2D eigenvalue weighted by atomic mass is 32.1. The van der Waals surface area contributed by atoms with Crippen molar-refractivity contribution in [3.63, 3.8) is 0 Å². The maximum atomic E-state index is 12.2. The zero-order valence-corrected chi connectivity index (χ0v) is 13.1. The minimum atomic E-state index is 0.0216. The minimum Gasteiger partial charge on any atom is -0.315 e. The van der Waals surface area contributed by atoms with Gasteiger partial charge < -0.3 is 5.32 Å². The fourth-order valence-electron chi connectivity index (χ4n) is 3.27. The highest BCUT2D eigenvalue weighted by molar-refractivity contribution is 7.16. The summed E-state index contributed by atoms with van der Waals surface area (Å²) in [5.41, 5.74) is 1.88. The van der Waals surface area contributed by atoms with Crippen molar-refractivity contribution in [3.05, 3.63) is 16.0 Å². The summed E-state index contributed by atoms with van der Waals surface area (Å²) in [6.07, 6.45) is 8.09. The molecule has 0 spiro atoms. The van der Waals surface area contributed by atoms with Crippen LogP contribution >= 0.6 is 11.3 Å². The quantitative estimate of drug-likeness (QED) is 0.934. The number of carbonyl (C=O) groups excluding carboxylic acids is 1. The average molecular weight is 303 g/mol. The summed E-state index contributed by atoms with van der Waals surface area (Å²) in [4.78, 5) is 15.8. The molecule has 1 aliphatic heterocycles. The van der Waals surface area contributed by atoms with E-state index in [4.69, 9.17) is 0 Å². The lowest BCUT2D eigenvalue weighted by atomic mass is 10.1. The number of amides is 1. The number of aryl methyl sites for hydroxylation is 1. The molecule has 1 N–H and O–H groups in total. The third kappa shape index (κ3) is 3.28. The summed E-state index contributed by atoms with van der Waals surface area (Å²) in [5.74, 6) is 0.0216. The van der Waals surface area contributed by atoms with Crippen molar-refractivity contribution in [2.75, 3.05) is 25.0 Å². The Balaban J connectivity index is 1.64. The second-order valence-electron chi connectivity index (χ2n) is 5.91. The maximum absolute atomic E-state index is 12.2. The van der Waals surface area contributed by atoms with Gasteiger partial charge >= 0.3 is 0 Å². The van der Waals surface area contributed by atoms with Gasteiger partial charge in [0.2, 0.25) is 5.91 Å². The normalized spacial score (nSPS) is 18.8. The Morgan fingerprint density at radius 3 is 2.67 bits per heavy atom. The largest absolute Gasteiger partial charge is 0.315 e. The molecule has 3 rings (SSSR count). The molecule has 1 aromatic rings. The first-order valence-corrected chi connectivity index (χ1v) is 8.66. The number of likely N-dealkylation sites (tertiary alicyclic amines) is 1. The molecule has 2 aliphatic rings. The molecule has 112 valence electrons. The second-order valence-corrected chi connectivity index (χ2v) is 7.02. The number of nitriles is 1. The van der Waals surface area contributed by atoms with Crippen LogP contribution in [0.1, 0.15) is 48.1 Å². The van der Waals surface area contributed by atoms with E-state index in [0.29, 0.717) is 12.1 Å². The molecule has 4 nitrogen and oxygen atoms in total. The molecule has 0 unspecified atom stereocenters. The molecule has 1 amide bonds. The first-order chi connectivity index (χ1) is 10.3. The van der Waals surface area contributed by atoms with E-state index in [9.17, 15) is 10.1 Å². The summed E-state index contributed by atoms with van der Waals surface area (Å²) in [6.45, 7) is 2.48. The number of hydrogen-bond acceptors (Lipinski definition) is 4. The van der Waals surface area contributed by atoms with Crippen LogP contribution in [0.3, 0.4) is 0 Å². The summed E-state index contributed by atoms with van der Waals surface area (Å²) >= 11 is 1.59.